The number of nitrogens with two attached hydrogens (primary N) is 1. The Morgan fingerprint density at radius 2 is 2.35 bits per heavy atom. The minimum absolute atomic E-state index is 0.0653. The summed E-state index contributed by atoms with van der Waals surface area (Å²) >= 11 is 0. The van der Waals surface area contributed by atoms with E-state index in [1.807, 2.05) is 0 Å². The quantitative estimate of drug-likeness (QED) is 0.653. The molecule has 1 aromatic heterocycles. The molecule has 0 bridgehead atoms. The summed E-state index contributed by atoms with van der Waals surface area (Å²) in [6, 6.07) is 0.349. The Kier molecular flexibility index (Phi) is 3.27. The van der Waals surface area contributed by atoms with Crippen molar-refractivity contribution in [2.75, 3.05) is 24.7 Å². The van der Waals surface area contributed by atoms with Crippen molar-refractivity contribution in [3.63, 3.8) is 0 Å². The van der Waals surface area contributed by atoms with Gasteiger partial charge in [-0.3, -0.25) is 4.79 Å². The van der Waals surface area contributed by atoms with Crippen LogP contribution in [0.3, 0.4) is 0 Å². The minimum atomic E-state index is -0.0653. The molecule has 1 amide bonds. The van der Waals surface area contributed by atoms with Crippen LogP contribution in [0.1, 0.15) is 12.8 Å². The van der Waals surface area contributed by atoms with Crippen LogP contribution < -0.4 is 21.1 Å². The summed E-state index contributed by atoms with van der Waals surface area (Å²) in [4.78, 5) is 19.2. The molecular weight excluding hydrogens is 222 g/mol. The maximum atomic E-state index is 11.4. The van der Waals surface area contributed by atoms with Gasteiger partial charge in [0, 0.05) is 6.04 Å². The van der Waals surface area contributed by atoms with Gasteiger partial charge in [0.05, 0.1) is 13.7 Å². The van der Waals surface area contributed by atoms with Crippen LogP contribution in [0, 0.1) is 0 Å². The van der Waals surface area contributed by atoms with Crippen LogP contribution >= 0.6 is 0 Å². The number of rotatable bonds is 5. The summed E-state index contributed by atoms with van der Waals surface area (Å²) in [6.45, 7) is 0.140. The summed E-state index contributed by atoms with van der Waals surface area (Å²) in [7, 11) is 1.47. The first-order valence-corrected chi connectivity index (χ1v) is 5.38. The molecular formula is C10H15N5O2. The zero-order valence-electron chi connectivity index (χ0n) is 9.56. The maximum absolute atomic E-state index is 11.4. The van der Waals surface area contributed by atoms with E-state index < -0.39 is 0 Å². The van der Waals surface area contributed by atoms with Crippen molar-refractivity contribution in [1.29, 1.82) is 0 Å². The molecule has 1 aliphatic rings. The second kappa shape index (κ2) is 4.86. The molecule has 1 fully saturated rings. The van der Waals surface area contributed by atoms with E-state index in [4.69, 9.17) is 10.5 Å². The molecule has 0 spiro atoms. The predicted octanol–water partition coefficient (Wildman–Crippen LogP) is -0.242. The van der Waals surface area contributed by atoms with E-state index in [0.717, 1.165) is 12.8 Å². The highest BCUT2D eigenvalue weighted by atomic mass is 16.5. The molecule has 1 aromatic rings. The number of carbonyl (C=O) groups excluding carboxylic acids is 1. The van der Waals surface area contributed by atoms with Gasteiger partial charge >= 0.3 is 0 Å². The summed E-state index contributed by atoms with van der Waals surface area (Å²) in [5, 5.41) is 5.71. The molecule has 0 aromatic carbocycles. The fourth-order valence-corrected chi connectivity index (χ4v) is 1.35. The van der Waals surface area contributed by atoms with Gasteiger partial charge in [-0.1, -0.05) is 0 Å². The van der Waals surface area contributed by atoms with Gasteiger partial charge in [-0.05, 0) is 12.8 Å². The minimum Gasteiger partial charge on any atom is -0.479 e. The SMILES string of the molecule is COc1ncnc(NCC(=O)NC2CC2)c1N. The summed E-state index contributed by atoms with van der Waals surface area (Å²) in [6.07, 6.45) is 3.46. The molecule has 0 saturated heterocycles. The van der Waals surface area contributed by atoms with Crippen LogP contribution in [0.2, 0.25) is 0 Å². The van der Waals surface area contributed by atoms with Crippen LogP contribution in [0.4, 0.5) is 11.5 Å². The number of carbonyl (C=O) groups is 1. The van der Waals surface area contributed by atoms with Gasteiger partial charge in [-0.2, -0.15) is 4.98 Å². The topological polar surface area (TPSA) is 102 Å². The van der Waals surface area contributed by atoms with E-state index in [2.05, 4.69) is 20.6 Å². The second-order valence-corrected chi connectivity index (χ2v) is 3.84. The van der Waals surface area contributed by atoms with Crippen molar-refractivity contribution in [2.45, 2.75) is 18.9 Å². The number of nitrogens with one attached hydrogen (secondary N) is 2. The van der Waals surface area contributed by atoms with Gasteiger partial charge in [-0.25, -0.2) is 4.98 Å². The van der Waals surface area contributed by atoms with Crippen molar-refractivity contribution in [2.24, 2.45) is 0 Å². The molecule has 0 aliphatic heterocycles. The molecule has 2 rings (SSSR count). The van der Waals surface area contributed by atoms with Gasteiger partial charge in [0.25, 0.3) is 0 Å². The number of aromatic nitrogens is 2. The summed E-state index contributed by atoms with van der Waals surface area (Å²) in [5.41, 5.74) is 6.05. The lowest BCUT2D eigenvalue weighted by Gasteiger charge is -2.09. The molecule has 17 heavy (non-hydrogen) atoms. The highest BCUT2D eigenvalue weighted by molar-refractivity contribution is 5.82. The smallest absolute Gasteiger partial charge is 0.242 e. The number of hydrogen-bond donors (Lipinski definition) is 3. The zero-order chi connectivity index (χ0) is 12.3. The Bertz CT molecular complexity index is 419. The molecule has 1 heterocycles. The summed E-state index contributed by atoms with van der Waals surface area (Å²) < 4.78 is 4.95. The fraction of sp³-hybridized carbons (Fsp3) is 0.500. The number of hydrogen-bond acceptors (Lipinski definition) is 6. The van der Waals surface area contributed by atoms with E-state index in [-0.39, 0.29) is 12.5 Å². The van der Waals surface area contributed by atoms with Crippen molar-refractivity contribution in [1.82, 2.24) is 15.3 Å². The van der Waals surface area contributed by atoms with Crippen LogP contribution in [-0.2, 0) is 4.79 Å². The van der Waals surface area contributed by atoms with Crippen molar-refractivity contribution >= 4 is 17.4 Å². The Labute approximate surface area is 98.8 Å². The number of nitrogens with zero attached hydrogens (tertiary/aromatic N) is 2. The summed E-state index contributed by atoms with van der Waals surface area (Å²) in [5.74, 6) is 0.636. The average Bonchev–Trinajstić information content (AvgIpc) is 3.11. The first-order chi connectivity index (χ1) is 8.20. The maximum Gasteiger partial charge on any atom is 0.242 e. The molecule has 0 unspecified atom stereocenters. The third-order valence-corrected chi connectivity index (χ3v) is 2.40. The predicted molar refractivity (Wildman–Crippen MR) is 62.7 cm³/mol. The van der Waals surface area contributed by atoms with Crippen LogP contribution in [0.25, 0.3) is 0 Å². The number of ether oxygens (including phenoxy) is 1. The van der Waals surface area contributed by atoms with E-state index in [0.29, 0.717) is 23.4 Å². The van der Waals surface area contributed by atoms with Gasteiger partial charge in [0.1, 0.15) is 12.0 Å². The largest absolute Gasteiger partial charge is 0.479 e. The monoisotopic (exact) mass is 237 g/mol. The standard InChI is InChI=1S/C10H15N5O2/c1-17-10-8(11)9(13-5-14-10)12-4-7(16)15-6-2-3-6/h5-6H,2-4,11H2,1H3,(H,15,16)(H,12,13,14). The second-order valence-electron chi connectivity index (χ2n) is 3.84. The third kappa shape index (κ3) is 2.96. The zero-order valence-corrected chi connectivity index (χ0v) is 9.56. The van der Waals surface area contributed by atoms with E-state index in [1.165, 1.54) is 13.4 Å². The molecule has 0 atom stereocenters. The number of methoxy groups -OCH3 is 1. The Morgan fingerprint density at radius 1 is 1.59 bits per heavy atom. The normalized spacial score (nSPS) is 14.2. The average molecular weight is 237 g/mol. The molecule has 7 nitrogen and oxygen atoms in total. The highest BCUT2D eigenvalue weighted by Gasteiger charge is 2.23. The van der Waals surface area contributed by atoms with Crippen molar-refractivity contribution < 1.29 is 9.53 Å². The Hall–Kier alpha value is -2.05. The van der Waals surface area contributed by atoms with Crippen molar-refractivity contribution in [3.8, 4) is 5.88 Å². The Balaban J connectivity index is 1.91. The lowest BCUT2D eigenvalue weighted by Crippen LogP contribution is -2.31. The van der Waals surface area contributed by atoms with E-state index >= 15 is 0 Å². The van der Waals surface area contributed by atoms with E-state index in [1.54, 1.807) is 0 Å². The molecule has 7 heteroatoms. The number of amides is 1. The van der Waals surface area contributed by atoms with Crippen molar-refractivity contribution in [3.05, 3.63) is 6.33 Å². The van der Waals surface area contributed by atoms with Crippen LogP contribution in [-0.4, -0.2) is 35.6 Å². The first kappa shape index (κ1) is 11.4. The third-order valence-electron chi connectivity index (χ3n) is 2.40. The fourth-order valence-electron chi connectivity index (χ4n) is 1.35. The number of nitrogen functional groups attached to an aromatic ring is 1. The first-order valence-electron chi connectivity index (χ1n) is 5.38. The molecule has 0 radical (unpaired) electrons. The van der Waals surface area contributed by atoms with E-state index in [9.17, 15) is 4.79 Å². The van der Waals surface area contributed by atoms with Crippen LogP contribution in [0.5, 0.6) is 5.88 Å². The molecule has 1 aliphatic carbocycles. The lowest BCUT2D eigenvalue weighted by molar-refractivity contribution is -0.119. The van der Waals surface area contributed by atoms with Gasteiger partial charge in [0.15, 0.2) is 5.82 Å². The van der Waals surface area contributed by atoms with Gasteiger partial charge in [-0.15, -0.1) is 0 Å². The lowest BCUT2D eigenvalue weighted by atomic mass is 10.4. The van der Waals surface area contributed by atoms with Crippen LogP contribution in [0.15, 0.2) is 6.33 Å². The number of anilines is 2. The van der Waals surface area contributed by atoms with Gasteiger partial charge < -0.3 is 21.1 Å². The molecule has 4 N–H and O–H groups in total. The molecule has 92 valence electrons. The highest BCUT2D eigenvalue weighted by Crippen LogP contribution is 2.23. The van der Waals surface area contributed by atoms with Gasteiger partial charge in [0.2, 0.25) is 11.8 Å². The molecule has 1 saturated carbocycles. The Morgan fingerprint density at radius 3 is 3.00 bits per heavy atom.